The van der Waals surface area contributed by atoms with E-state index in [-0.39, 0.29) is 5.69 Å². The first kappa shape index (κ1) is 15.2. The topological polar surface area (TPSA) is 42.2 Å². The standard InChI is InChI=1S/C15H16F3N3/c1-10-4-3-5-11(6-10)9-21(2)13-7-14(15(16,17)18)20-8-12(13)19/h3-8H,9,19H2,1-2H3. The van der Waals surface area contributed by atoms with Crippen molar-refractivity contribution in [2.45, 2.75) is 19.6 Å². The minimum atomic E-state index is -4.48. The Morgan fingerprint density at radius 1 is 1.24 bits per heavy atom. The summed E-state index contributed by atoms with van der Waals surface area (Å²) >= 11 is 0. The number of benzene rings is 1. The summed E-state index contributed by atoms with van der Waals surface area (Å²) in [7, 11) is 1.70. The number of nitrogen functional groups attached to an aromatic ring is 1. The second-order valence-electron chi connectivity index (χ2n) is 4.97. The number of aryl methyl sites for hydroxylation is 1. The Balaban J connectivity index is 2.28. The Morgan fingerprint density at radius 2 is 1.95 bits per heavy atom. The van der Waals surface area contributed by atoms with Crippen LogP contribution >= 0.6 is 0 Å². The van der Waals surface area contributed by atoms with Crippen LogP contribution in [-0.2, 0) is 12.7 Å². The molecular formula is C15H16F3N3. The number of hydrogen-bond donors (Lipinski definition) is 1. The normalized spacial score (nSPS) is 11.5. The van der Waals surface area contributed by atoms with E-state index in [1.807, 2.05) is 31.2 Å². The zero-order chi connectivity index (χ0) is 15.6. The maximum absolute atomic E-state index is 12.7. The quantitative estimate of drug-likeness (QED) is 0.940. The van der Waals surface area contributed by atoms with Crippen molar-refractivity contribution in [3.05, 3.63) is 53.3 Å². The molecule has 1 heterocycles. The fourth-order valence-electron chi connectivity index (χ4n) is 2.11. The highest BCUT2D eigenvalue weighted by Crippen LogP contribution is 2.32. The van der Waals surface area contributed by atoms with Gasteiger partial charge < -0.3 is 10.6 Å². The SMILES string of the molecule is Cc1cccc(CN(C)c2cc(C(F)(F)F)ncc2N)c1. The van der Waals surface area contributed by atoms with Crippen LogP contribution < -0.4 is 10.6 Å². The molecule has 0 atom stereocenters. The van der Waals surface area contributed by atoms with Gasteiger partial charge in [-0.25, -0.2) is 4.98 Å². The number of hydrogen-bond acceptors (Lipinski definition) is 3. The molecule has 0 unspecified atom stereocenters. The van der Waals surface area contributed by atoms with Gasteiger partial charge >= 0.3 is 6.18 Å². The van der Waals surface area contributed by atoms with Gasteiger partial charge in [0, 0.05) is 13.6 Å². The van der Waals surface area contributed by atoms with E-state index in [2.05, 4.69) is 4.98 Å². The fraction of sp³-hybridized carbons (Fsp3) is 0.267. The Kier molecular flexibility index (Phi) is 4.06. The van der Waals surface area contributed by atoms with Crippen LogP contribution in [0, 0.1) is 6.92 Å². The van der Waals surface area contributed by atoms with Crippen molar-refractivity contribution in [2.24, 2.45) is 0 Å². The molecule has 0 aliphatic rings. The molecule has 0 aliphatic carbocycles. The highest BCUT2D eigenvalue weighted by molar-refractivity contribution is 5.66. The van der Waals surface area contributed by atoms with Crippen LogP contribution in [0.25, 0.3) is 0 Å². The molecule has 2 N–H and O–H groups in total. The van der Waals surface area contributed by atoms with Crippen LogP contribution in [-0.4, -0.2) is 12.0 Å². The molecule has 0 aliphatic heterocycles. The molecule has 3 nitrogen and oxygen atoms in total. The van der Waals surface area contributed by atoms with Gasteiger partial charge in [0.2, 0.25) is 0 Å². The van der Waals surface area contributed by atoms with Gasteiger partial charge in [0.05, 0.1) is 17.6 Å². The van der Waals surface area contributed by atoms with Gasteiger partial charge in [0.25, 0.3) is 0 Å². The molecule has 1 aromatic carbocycles. The first-order valence-corrected chi connectivity index (χ1v) is 6.37. The highest BCUT2D eigenvalue weighted by Gasteiger charge is 2.33. The molecule has 2 aromatic rings. The Morgan fingerprint density at radius 3 is 2.57 bits per heavy atom. The minimum Gasteiger partial charge on any atom is -0.396 e. The summed E-state index contributed by atoms with van der Waals surface area (Å²) in [6.45, 7) is 2.43. The molecule has 0 fully saturated rings. The van der Waals surface area contributed by atoms with Crippen LogP contribution in [0.15, 0.2) is 36.5 Å². The lowest BCUT2D eigenvalue weighted by atomic mass is 10.1. The molecule has 1 aromatic heterocycles. The molecule has 6 heteroatoms. The summed E-state index contributed by atoms with van der Waals surface area (Å²) < 4.78 is 38.2. The molecule has 21 heavy (non-hydrogen) atoms. The van der Waals surface area contributed by atoms with Gasteiger partial charge in [0.15, 0.2) is 0 Å². The summed E-state index contributed by atoms with van der Waals surface area (Å²) in [4.78, 5) is 5.02. The van der Waals surface area contributed by atoms with E-state index in [9.17, 15) is 13.2 Å². The largest absolute Gasteiger partial charge is 0.433 e. The number of nitrogens with zero attached hydrogens (tertiary/aromatic N) is 2. The molecule has 0 saturated carbocycles. The van der Waals surface area contributed by atoms with Crippen LogP contribution in [0.2, 0.25) is 0 Å². The molecular weight excluding hydrogens is 279 g/mol. The second-order valence-corrected chi connectivity index (χ2v) is 4.97. The van der Waals surface area contributed by atoms with E-state index in [1.54, 1.807) is 11.9 Å². The van der Waals surface area contributed by atoms with Crippen molar-refractivity contribution in [1.82, 2.24) is 4.98 Å². The monoisotopic (exact) mass is 295 g/mol. The lowest BCUT2D eigenvalue weighted by Gasteiger charge is -2.22. The van der Waals surface area contributed by atoms with Crippen molar-refractivity contribution < 1.29 is 13.2 Å². The first-order valence-electron chi connectivity index (χ1n) is 6.37. The zero-order valence-corrected chi connectivity index (χ0v) is 11.8. The summed E-state index contributed by atoms with van der Waals surface area (Å²) in [5.41, 5.74) is 7.44. The maximum atomic E-state index is 12.7. The third kappa shape index (κ3) is 3.65. The van der Waals surface area contributed by atoms with E-state index in [0.717, 1.165) is 23.4 Å². The predicted octanol–water partition coefficient (Wildman–Crippen LogP) is 3.63. The van der Waals surface area contributed by atoms with Crippen LogP contribution in [0.4, 0.5) is 24.5 Å². The third-order valence-electron chi connectivity index (χ3n) is 3.12. The lowest BCUT2D eigenvalue weighted by Crippen LogP contribution is -2.19. The summed E-state index contributed by atoms with van der Waals surface area (Å²) in [6.07, 6.45) is -3.43. The highest BCUT2D eigenvalue weighted by atomic mass is 19.4. The van der Waals surface area contributed by atoms with E-state index in [1.165, 1.54) is 0 Å². The second kappa shape index (κ2) is 5.63. The van der Waals surface area contributed by atoms with Crippen LogP contribution in [0.1, 0.15) is 16.8 Å². The number of pyridine rings is 1. The Labute approximate surface area is 121 Å². The van der Waals surface area contributed by atoms with Gasteiger partial charge in [-0.05, 0) is 18.6 Å². The summed E-state index contributed by atoms with van der Waals surface area (Å²) in [5.74, 6) is 0. The van der Waals surface area contributed by atoms with Crippen LogP contribution in [0.5, 0.6) is 0 Å². The van der Waals surface area contributed by atoms with Gasteiger partial charge in [0.1, 0.15) is 5.69 Å². The average molecular weight is 295 g/mol. The van der Waals surface area contributed by atoms with Crippen molar-refractivity contribution in [3.8, 4) is 0 Å². The molecule has 0 amide bonds. The summed E-state index contributed by atoms with van der Waals surface area (Å²) in [5, 5.41) is 0. The van der Waals surface area contributed by atoms with E-state index in [4.69, 9.17) is 5.73 Å². The summed E-state index contributed by atoms with van der Waals surface area (Å²) in [6, 6.07) is 8.76. The zero-order valence-electron chi connectivity index (χ0n) is 11.8. The Bertz CT molecular complexity index is 638. The van der Waals surface area contributed by atoms with E-state index < -0.39 is 11.9 Å². The molecule has 0 spiro atoms. The smallest absolute Gasteiger partial charge is 0.396 e. The molecule has 0 bridgehead atoms. The number of aromatic nitrogens is 1. The molecule has 112 valence electrons. The van der Waals surface area contributed by atoms with E-state index >= 15 is 0 Å². The first-order chi connectivity index (χ1) is 9.77. The van der Waals surface area contributed by atoms with Crippen molar-refractivity contribution in [2.75, 3.05) is 17.7 Å². The van der Waals surface area contributed by atoms with Crippen molar-refractivity contribution in [3.63, 3.8) is 0 Å². The van der Waals surface area contributed by atoms with Crippen LogP contribution in [0.3, 0.4) is 0 Å². The van der Waals surface area contributed by atoms with Crippen molar-refractivity contribution in [1.29, 1.82) is 0 Å². The van der Waals surface area contributed by atoms with E-state index in [0.29, 0.717) is 12.2 Å². The average Bonchev–Trinajstić information content (AvgIpc) is 2.37. The molecule has 2 rings (SSSR count). The van der Waals surface area contributed by atoms with Gasteiger partial charge in [-0.1, -0.05) is 29.8 Å². The Hall–Kier alpha value is -2.24. The van der Waals surface area contributed by atoms with Gasteiger partial charge in [-0.3, -0.25) is 0 Å². The van der Waals surface area contributed by atoms with Gasteiger partial charge in [-0.15, -0.1) is 0 Å². The molecule has 0 radical (unpaired) electrons. The third-order valence-corrected chi connectivity index (χ3v) is 3.12. The number of halogens is 3. The predicted molar refractivity (Wildman–Crippen MR) is 76.9 cm³/mol. The maximum Gasteiger partial charge on any atom is 0.433 e. The number of anilines is 2. The number of rotatable bonds is 3. The number of alkyl halides is 3. The number of nitrogens with two attached hydrogens (primary N) is 1. The van der Waals surface area contributed by atoms with Crippen molar-refractivity contribution >= 4 is 11.4 Å². The fourth-order valence-corrected chi connectivity index (χ4v) is 2.11. The minimum absolute atomic E-state index is 0.221. The molecule has 0 saturated heterocycles. The van der Waals surface area contributed by atoms with Gasteiger partial charge in [-0.2, -0.15) is 13.2 Å². The lowest BCUT2D eigenvalue weighted by molar-refractivity contribution is -0.141.